The number of fused-ring (bicyclic) bond motifs is 1. The molecule has 2 unspecified atom stereocenters. The van der Waals surface area contributed by atoms with Crippen LogP contribution in [0.2, 0.25) is 0 Å². The standard InChI is InChI=1S/C16H24N2O2/c1-2-12-4-3-7-18(10-12)14(9-17)13-5-6-15-16(8-13)20-11-19-15/h5-6,8,12,14H,2-4,7,9-11,17H2,1H3. The minimum atomic E-state index is 0.291. The fraction of sp³-hybridized carbons (Fsp3) is 0.625. The number of piperidine rings is 1. The zero-order valence-corrected chi connectivity index (χ0v) is 12.2. The number of hydrogen-bond acceptors (Lipinski definition) is 4. The Balaban J connectivity index is 1.78. The van der Waals surface area contributed by atoms with Crippen molar-refractivity contribution >= 4 is 0 Å². The molecular weight excluding hydrogens is 252 g/mol. The van der Waals surface area contributed by atoms with E-state index in [9.17, 15) is 0 Å². The van der Waals surface area contributed by atoms with Crippen molar-refractivity contribution in [1.82, 2.24) is 4.90 Å². The quantitative estimate of drug-likeness (QED) is 0.918. The molecular formula is C16H24N2O2. The normalized spacial score (nSPS) is 23.8. The molecule has 2 aliphatic rings. The van der Waals surface area contributed by atoms with Crippen molar-refractivity contribution < 1.29 is 9.47 Å². The van der Waals surface area contributed by atoms with E-state index in [4.69, 9.17) is 15.2 Å². The number of rotatable bonds is 4. The predicted octanol–water partition coefficient (Wildman–Crippen LogP) is 2.54. The maximum atomic E-state index is 6.05. The first-order chi connectivity index (χ1) is 9.81. The third kappa shape index (κ3) is 2.63. The van der Waals surface area contributed by atoms with Gasteiger partial charge < -0.3 is 15.2 Å². The number of nitrogens with two attached hydrogens (primary N) is 1. The van der Waals surface area contributed by atoms with Gasteiger partial charge in [-0.05, 0) is 43.0 Å². The van der Waals surface area contributed by atoms with Gasteiger partial charge in [0.2, 0.25) is 6.79 Å². The minimum Gasteiger partial charge on any atom is -0.454 e. The second kappa shape index (κ2) is 6.02. The summed E-state index contributed by atoms with van der Waals surface area (Å²) in [5, 5.41) is 0. The van der Waals surface area contributed by atoms with Crippen LogP contribution in [0.5, 0.6) is 11.5 Å². The molecule has 1 fully saturated rings. The van der Waals surface area contributed by atoms with Gasteiger partial charge in [0.1, 0.15) is 0 Å². The smallest absolute Gasteiger partial charge is 0.231 e. The SMILES string of the molecule is CCC1CCCN(C(CN)c2ccc3c(c2)OCO3)C1. The Hall–Kier alpha value is -1.26. The average molecular weight is 276 g/mol. The highest BCUT2D eigenvalue weighted by Crippen LogP contribution is 2.36. The highest BCUT2D eigenvalue weighted by molar-refractivity contribution is 5.45. The van der Waals surface area contributed by atoms with E-state index in [1.54, 1.807) is 0 Å². The van der Waals surface area contributed by atoms with Crippen molar-refractivity contribution in [3.05, 3.63) is 23.8 Å². The lowest BCUT2D eigenvalue weighted by atomic mass is 9.93. The van der Waals surface area contributed by atoms with E-state index in [0.29, 0.717) is 19.4 Å². The Bertz CT molecular complexity index is 464. The van der Waals surface area contributed by atoms with Crippen LogP contribution in [0.1, 0.15) is 37.8 Å². The van der Waals surface area contributed by atoms with Crippen molar-refractivity contribution in [2.75, 3.05) is 26.4 Å². The average Bonchev–Trinajstić information content (AvgIpc) is 2.96. The zero-order valence-electron chi connectivity index (χ0n) is 12.2. The van der Waals surface area contributed by atoms with Crippen LogP contribution in [0.3, 0.4) is 0 Å². The van der Waals surface area contributed by atoms with E-state index < -0.39 is 0 Å². The first-order valence-electron chi connectivity index (χ1n) is 7.65. The summed E-state index contributed by atoms with van der Waals surface area (Å²) in [6.45, 7) is 5.57. The van der Waals surface area contributed by atoms with Crippen molar-refractivity contribution in [3.63, 3.8) is 0 Å². The number of hydrogen-bond donors (Lipinski definition) is 1. The summed E-state index contributed by atoms with van der Waals surface area (Å²) in [6, 6.07) is 6.51. The second-order valence-corrected chi connectivity index (χ2v) is 5.78. The molecule has 110 valence electrons. The molecule has 20 heavy (non-hydrogen) atoms. The molecule has 2 atom stereocenters. The lowest BCUT2D eigenvalue weighted by Gasteiger charge is -2.38. The summed E-state index contributed by atoms with van der Waals surface area (Å²) >= 11 is 0. The van der Waals surface area contributed by atoms with Crippen LogP contribution in [0.15, 0.2) is 18.2 Å². The molecule has 2 N–H and O–H groups in total. The summed E-state index contributed by atoms with van der Waals surface area (Å²) < 4.78 is 10.9. The molecule has 2 aliphatic heterocycles. The fourth-order valence-electron chi connectivity index (χ4n) is 3.33. The van der Waals surface area contributed by atoms with Crippen LogP contribution in [0.4, 0.5) is 0 Å². The van der Waals surface area contributed by atoms with E-state index >= 15 is 0 Å². The van der Waals surface area contributed by atoms with Crippen molar-refractivity contribution in [2.45, 2.75) is 32.2 Å². The fourth-order valence-corrected chi connectivity index (χ4v) is 3.33. The highest BCUT2D eigenvalue weighted by Gasteiger charge is 2.26. The van der Waals surface area contributed by atoms with Crippen LogP contribution < -0.4 is 15.2 Å². The van der Waals surface area contributed by atoms with Gasteiger partial charge in [-0.2, -0.15) is 0 Å². The number of nitrogens with zero attached hydrogens (tertiary/aromatic N) is 1. The van der Waals surface area contributed by atoms with Crippen molar-refractivity contribution in [1.29, 1.82) is 0 Å². The van der Waals surface area contributed by atoms with E-state index in [1.807, 2.05) is 6.07 Å². The van der Waals surface area contributed by atoms with E-state index in [0.717, 1.165) is 30.5 Å². The largest absolute Gasteiger partial charge is 0.454 e. The van der Waals surface area contributed by atoms with Gasteiger partial charge in [0.15, 0.2) is 11.5 Å². The van der Waals surface area contributed by atoms with Crippen molar-refractivity contribution in [2.24, 2.45) is 11.7 Å². The number of benzene rings is 1. The molecule has 1 saturated heterocycles. The lowest BCUT2D eigenvalue weighted by Crippen LogP contribution is -2.40. The minimum absolute atomic E-state index is 0.291. The Morgan fingerprint density at radius 1 is 1.35 bits per heavy atom. The summed E-state index contributed by atoms with van der Waals surface area (Å²) in [5.41, 5.74) is 7.30. The van der Waals surface area contributed by atoms with E-state index in [-0.39, 0.29) is 0 Å². The summed E-state index contributed by atoms with van der Waals surface area (Å²) in [4.78, 5) is 2.54. The summed E-state index contributed by atoms with van der Waals surface area (Å²) in [5.74, 6) is 2.51. The maximum Gasteiger partial charge on any atom is 0.231 e. The molecule has 0 aliphatic carbocycles. The molecule has 2 heterocycles. The Kier molecular flexibility index (Phi) is 4.13. The molecule has 0 spiro atoms. The van der Waals surface area contributed by atoms with Crippen LogP contribution in [-0.4, -0.2) is 31.3 Å². The van der Waals surface area contributed by atoms with Gasteiger partial charge in [0.05, 0.1) is 0 Å². The molecule has 3 rings (SSSR count). The summed E-state index contributed by atoms with van der Waals surface area (Å²) in [6.07, 6.45) is 3.89. The first-order valence-corrected chi connectivity index (χ1v) is 7.65. The molecule has 1 aromatic rings. The molecule has 0 bridgehead atoms. The molecule has 4 nitrogen and oxygen atoms in total. The molecule has 1 aromatic carbocycles. The molecule has 0 radical (unpaired) electrons. The number of likely N-dealkylation sites (tertiary alicyclic amines) is 1. The molecule has 0 aromatic heterocycles. The van der Waals surface area contributed by atoms with Crippen molar-refractivity contribution in [3.8, 4) is 11.5 Å². The van der Waals surface area contributed by atoms with Crippen LogP contribution in [0.25, 0.3) is 0 Å². The Labute approximate surface area is 120 Å². The van der Waals surface area contributed by atoms with Crippen LogP contribution in [0, 0.1) is 5.92 Å². The number of ether oxygens (including phenoxy) is 2. The van der Waals surface area contributed by atoms with Crippen LogP contribution >= 0.6 is 0 Å². The second-order valence-electron chi connectivity index (χ2n) is 5.78. The van der Waals surface area contributed by atoms with Gasteiger partial charge in [0, 0.05) is 19.1 Å². The third-order valence-corrected chi connectivity index (χ3v) is 4.57. The third-order valence-electron chi connectivity index (χ3n) is 4.57. The van der Waals surface area contributed by atoms with Gasteiger partial charge in [-0.1, -0.05) is 19.4 Å². The molecule has 0 saturated carbocycles. The van der Waals surface area contributed by atoms with Gasteiger partial charge in [-0.15, -0.1) is 0 Å². The monoisotopic (exact) mass is 276 g/mol. The highest BCUT2D eigenvalue weighted by atomic mass is 16.7. The maximum absolute atomic E-state index is 6.05. The predicted molar refractivity (Wildman–Crippen MR) is 78.9 cm³/mol. The van der Waals surface area contributed by atoms with E-state index in [1.165, 1.54) is 24.8 Å². The van der Waals surface area contributed by atoms with Gasteiger partial charge in [0.25, 0.3) is 0 Å². The van der Waals surface area contributed by atoms with Gasteiger partial charge in [-0.3, -0.25) is 4.90 Å². The first kappa shape index (κ1) is 13.7. The molecule has 0 amide bonds. The van der Waals surface area contributed by atoms with Gasteiger partial charge >= 0.3 is 0 Å². The zero-order chi connectivity index (χ0) is 13.9. The molecule has 4 heteroatoms. The van der Waals surface area contributed by atoms with E-state index in [2.05, 4.69) is 24.0 Å². The Morgan fingerprint density at radius 2 is 2.20 bits per heavy atom. The Morgan fingerprint density at radius 3 is 3.00 bits per heavy atom. The van der Waals surface area contributed by atoms with Gasteiger partial charge in [-0.25, -0.2) is 0 Å². The van der Waals surface area contributed by atoms with Crippen LogP contribution in [-0.2, 0) is 0 Å². The topological polar surface area (TPSA) is 47.7 Å². The lowest BCUT2D eigenvalue weighted by molar-refractivity contribution is 0.124. The summed E-state index contributed by atoms with van der Waals surface area (Å²) in [7, 11) is 0.